The minimum Gasteiger partial charge on any atom is -0.480 e. The van der Waals surface area contributed by atoms with Crippen LogP contribution in [0.2, 0.25) is 0 Å². The molecule has 0 fully saturated rings. The SMILES string of the molecule is O=C(N[C@@H](CN(c1ccccc1)c1ccccc1)C(=O)O)OCc1ccccc1. The summed E-state index contributed by atoms with van der Waals surface area (Å²) < 4.78 is 5.17. The first-order chi connectivity index (χ1) is 14.1. The second kappa shape index (κ2) is 9.94. The summed E-state index contributed by atoms with van der Waals surface area (Å²) in [5.41, 5.74) is 2.47. The van der Waals surface area contributed by atoms with Crippen LogP contribution in [0.1, 0.15) is 5.56 Å². The van der Waals surface area contributed by atoms with E-state index in [9.17, 15) is 14.7 Å². The molecule has 3 aromatic rings. The van der Waals surface area contributed by atoms with Gasteiger partial charge < -0.3 is 20.1 Å². The van der Waals surface area contributed by atoms with Crippen molar-refractivity contribution in [1.29, 1.82) is 0 Å². The monoisotopic (exact) mass is 390 g/mol. The summed E-state index contributed by atoms with van der Waals surface area (Å²) in [4.78, 5) is 25.8. The molecule has 1 atom stereocenters. The van der Waals surface area contributed by atoms with Gasteiger partial charge in [-0.2, -0.15) is 0 Å². The van der Waals surface area contributed by atoms with Crippen molar-refractivity contribution in [3.63, 3.8) is 0 Å². The van der Waals surface area contributed by atoms with Crippen molar-refractivity contribution in [2.45, 2.75) is 12.6 Å². The highest BCUT2D eigenvalue weighted by molar-refractivity contribution is 5.81. The Morgan fingerprint density at radius 2 is 1.31 bits per heavy atom. The Morgan fingerprint density at radius 3 is 1.79 bits per heavy atom. The van der Waals surface area contributed by atoms with Gasteiger partial charge in [-0.15, -0.1) is 0 Å². The number of anilines is 2. The van der Waals surface area contributed by atoms with Crippen LogP contribution in [0.5, 0.6) is 0 Å². The number of benzene rings is 3. The molecule has 29 heavy (non-hydrogen) atoms. The fourth-order valence-corrected chi connectivity index (χ4v) is 2.85. The topological polar surface area (TPSA) is 78.9 Å². The highest BCUT2D eigenvalue weighted by atomic mass is 16.5. The van der Waals surface area contributed by atoms with Crippen LogP contribution < -0.4 is 10.2 Å². The van der Waals surface area contributed by atoms with Crippen molar-refractivity contribution in [3.05, 3.63) is 96.6 Å². The van der Waals surface area contributed by atoms with Gasteiger partial charge >= 0.3 is 12.1 Å². The van der Waals surface area contributed by atoms with Crippen molar-refractivity contribution in [3.8, 4) is 0 Å². The molecule has 3 aromatic carbocycles. The molecule has 148 valence electrons. The summed E-state index contributed by atoms with van der Waals surface area (Å²) in [6, 6.07) is 26.9. The number of carbonyl (C=O) groups is 2. The molecular formula is C23H22N2O4. The van der Waals surface area contributed by atoms with E-state index in [1.54, 1.807) is 0 Å². The minimum absolute atomic E-state index is 0.0454. The summed E-state index contributed by atoms with van der Waals surface area (Å²) in [6.07, 6.45) is -0.776. The number of ether oxygens (including phenoxy) is 1. The molecule has 0 aliphatic rings. The number of rotatable bonds is 8. The molecule has 0 saturated heterocycles. The number of carbonyl (C=O) groups excluding carboxylic acids is 1. The molecule has 0 aromatic heterocycles. The van der Waals surface area contributed by atoms with Crippen LogP contribution in [0.4, 0.5) is 16.2 Å². The Bertz CT molecular complexity index is 878. The van der Waals surface area contributed by atoms with Crippen molar-refractivity contribution in [1.82, 2.24) is 5.32 Å². The number of nitrogens with zero attached hydrogens (tertiary/aromatic N) is 1. The molecule has 3 rings (SSSR count). The summed E-state index contributed by atoms with van der Waals surface area (Å²) in [5.74, 6) is -1.14. The van der Waals surface area contributed by atoms with Gasteiger partial charge in [0.1, 0.15) is 12.6 Å². The first-order valence-corrected chi connectivity index (χ1v) is 9.21. The minimum atomic E-state index is -1.15. The maximum Gasteiger partial charge on any atom is 0.408 e. The van der Waals surface area contributed by atoms with Crippen LogP contribution >= 0.6 is 0 Å². The van der Waals surface area contributed by atoms with E-state index in [0.29, 0.717) is 0 Å². The van der Waals surface area contributed by atoms with E-state index in [4.69, 9.17) is 4.74 Å². The van der Waals surface area contributed by atoms with Gasteiger partial charge in [-0.05, 0) is 29.8 Å². The van der Waals surface area contributed by atoms with Crippen LogP contribution in [0.3, 0.4) is 0 Å². The zero-order valence-electron chi connectivity index (χ0n) is 15.8. The van der Waals surface area contributed by atoms with E-state index in [-0.39, 0.29) is 13.2 Å². The first kappa shape index (κ1) is 19.9. The molecule has 1 amide bonds. The largest absolute Gasteiger partial charge is 0.480 e. The molecule has 6 nitrogen and oxygen atoms in total. The van der Waals surface area contributed by atoms with Crippen molar-refractivity contribution >= 4 is 23.4 Å². The van der Waals surface area contributed by atoms with E-state index in [2.05, 4.69) is 5.32 Å². The van der Waals surface area contributed by atoms with Crippen LogP contribution in [0.15, 0.2) is 91.0 Å². The quantitative estimate of drug-likeness (QED) is 0.603. The van der Waals surface area contributed by atoms with Crippen LogP contribution in [-0.4, -0.2) is 29.8 Å². The van der Waals surface area contributed by atoms with Gasteiger partial charge in [-0.3, -0.25) is 0 Å². The molecule has 0 radical (unpaired) electrons. The lowest BCUT2D eigenvalue weighted by Crippen LogP contribution is -2.47. The van der Waals surface area contributed by atoms with Crippen molar-refractivity contribution in [2.24, 2.45) is 0 Å². The molecule has 0 saturated carbocycles. The maximum absolute atomic E-state index is 12.2. The number of hydrogen-bond donors (Lipinski definition) is 2. The lowest BCUT2D eigenvalue weighted by atomic mass is 10.2. The number of carboxylic acids is 1. The Morgan fingerprint density at radius 1 is 0.828 bits per heavy atom. The molecule has 6 heteroatoms. The second-order valence-corrected chi connectivity index (χ2v) is 6.38. The Balaban J connectivity index is 1.71. The van der Waals surface area contributed by atoms with Crippen LogP contribution in [0.25, 0.3) is 0 Å². The molecule has 0 spiro atoms. The summed E-state index contributed by atoms with van der Waals surface area (Å²) in [5, 5.41) is 12.1. The number of aliphatic carboxylic acids is 1. The summed E-state index contributed by atoms with van der Waals surface area (Å²) >= 11 is 0. The Kier molecular flexibility index (Phi) is 6.84. The average Bonchev–Trinajstić information content (AvgIpc) is 2.77. The standard InChI is InChI=1S/C23H22N2O4/c26-22(27)21(24-23(28)29-17-18-10-4-1-5-11-18)16-25(19-12-6-2-7-13-19)20-14-8-3-9-15-20/h1-15,21H,16-17H2,(H,24,28)(H,26,27)/t21-/m0/s1. The van der Waals surface area contributed by atoms with E-state index in [0.717, 1.165) is 16.9 Å². The molecular weight excluding hydrogens is 368 g/mol. The molecule has 0 heterocycles. The third-order valence-corrected chi connectivity index (χ3v) is 4.30. The van der Waals surface area contributed by atoms with Crippen LogP contribution in [0, 0.1) is 0 Å². The van der Waals surface area contributed by atoms with Gasteiger partial charge in [0.25, 0.3) is 0 Å². The van der Waals surface area contributed by atoms with Crippen molar-refractivity contribution < 1.29 is 19.4 Å². The number of para-hydroxylation sites is 2. The Labute approximate surface area is 169 Å². The fourth-order valence-electron chi connectivity index (χ4n) is 2.85. The molecule has 0 unspecified atom stereocenters. The summed E-state index contributed by atoms with van der Waals surface area (Å²) in [6.45, 7) is 0.115. The van der Waals surface area contributed by atoms with E-state index in [1.807, 2.05) is 95.9 Å². The van der Waals surface area contributed by atoms with E-state index >= 15 is 0 Å². The number of hydrogen-bond acceptors (Lipinski definition) is 4. The average molecular weight is 390 g/mol. The lowest BCUT2D eigenvalue weighted by molar-refractivity contribution is -0.139. The number of carboxylic acid groups (broad SMARTS) is 1. The lowest BCUT2D eigenvalue weighted by Gasteiger charge is -2.28. The highest BCUT2D eigenvalue weighted by Crippen LogP contribution is 2.25. The van der Waals surface area contributed by atoms with E-state index in [1.165, 1.54) is 0 Å². The van der Waals surface area contributed by atoms with Gasteiger partial charge in [0.15, 0.2) is 0 Å². The van der Waals surface area contributed by atoms with Gasteiger partial charge in [-0.25, -0.2) is 9.59 Å². The maximum atomic E-state index is 12.2. The number of amides is 1. The smallest absolute Gasteiger partial charge is 0.408 e. The molecule has 0 bridgehead atoms. The third kappa shape index (κ3) is 5.84. The second-order valence-electron chi connectivity index (χ2n) is 6.38. The fraction of sp³-hybridized carbons (Fsp3) is 0.130. The molecule has 2 N–H and O–H groups in total. The highest BCUT2D eigenvalue weighted by Gasteiger charge is 2.25. The van der Waals surface area contributed by atoms with Gasteiger partial charge in [0, 0.05) is 11.4 Å². The van der Waals surface area contributed by atoms with Gasteiger partial charge in [0.05, 0.1) is 6.54 Å². The summed E-state index contributed by atoms with van der Waals surface area (Å²) in [7, 11) is 0. The van der Waals surface area contributed by atoms with Crippen molar-refractivity contribution in [2.75, 3.05) is 11.4 Å². The zero-order valence-corrected chi connectivity index (χ0v) is 15.8. The normalized spacial score (nSPS) is 11.3. The van der Waals surface area contributed by atoms with Crippen LogP contribution in [-0.2, 0) is 16.1 Å². The Hall–Kier alpha value is -3.80. The number of nitrogens with one attached hydrogen (secondary N) is 1. The third-order valence-electron chi connectivity index (χ3n) is 4.30. The van der Waals surface area contributed by atoms with E-state index < -0.39 is 18.1 Å². The number of alkyl carbamates (subject to hydrolysis) is 1. The zero-order chi connectivity index (χ0) is 20.5. The van der Waals surface area contributed by atoms with Gasteiger partial charge in [-0.1, -0.05) is 66.7 Å². The first-order valence-electron chi connectivity index (χ1n) is 9.21. The predicted octanol–water partition coefficient (Wildman–Crippen LogP) is 4.20. The van der Waals surface area contributed by atoms with Gasteiger partial charge in [0.2, 0.25) is 0 Å². The molecule has 0 aliphatic heterocycles. The molecule has 0 aliphatic carbocycles. The predicted molar refractivity (Wildman–Crippen MR) is 111 cm³/mol.